The summed E-state index contributed by atoms with van der Waals surface area (Å²) >= 11 is 0. The number of hydrogen-bond donors (Lipinski definition) is 0. The quantitative estimate of drug-likeness (QED) is 0.118. The minimum atomic E-state index is -2.71. The highest BCUT2D eigenvalue weighted by Crippen LogP contribution is 2.42. The van der Waals surface area contributed by atoms with Gasteiger partial charge < -0.3 is 14.0 Å². The zero-order chi connectivity index (χ0) is 42.9. The molecule has 0 atom stereocenters. The van der Waals surface area contributed by atoms with E-state index in [1.54, 1.807) is 0 Å². The molecule has 0 saturated carbocycles. The highest BCUT2D eigenvalue weighted by atomic mass is 28.3. The largest absolute Gasteiger partial charge is 0.551 e. The average molecular weight is 846 g/mol. The second-order valence-corrected chi connectivity index (χ2v) is 20.9. The fourth-order valence-electron chi connectivity index (χ4n) is 10.7. The molecule has 0 spiro atoms. The second-order valence-electron chi connectivity index (χ2n) is 17.1. The van der Waals surface area contributed by atoms with Crippen LogP contribution in [0.5, 0.6) is 17.2 Å². The molecule has 0 unspecified atom stereocenters. The molecule has 5 heteroatoms. The second kappa shape index (κ2) is 15.0. The Morgan fingerprint density at radius 3 is 1.52 bits per heavy atom. The molecule has 3 nitrogen and oxygen atoms in total. The van der Waals surface area contributed by atoms with Gasteiger partial charge in [0.05, 0.1) is 11.0 Å². The lowest BCUT2D eigenvalue weighted by Gasteiger charge is -2.35. The lowest BCUT2D eigenvalue weighted by atomic mass is 9.50. The fraction of sp³-hybridized carbons (Fsp3) is 0. The van der Waals surface area contributed by atoms with Gasteiger partial charge >= 0.3 is 6.92 Å². The van der Waals surface area contributed by atoms with E-state index < -0.39 is 8.07 Å². The maximum atomic E-state index is 7.07. The van der Waals surface area contributed by atoms with Crippen LogP contribution in [0.15, 0.2) is 243 Å². The van der Waals surface area contributed by atoms with E-state index in [4.69, 9.17) is 9.39 Å². The van der Waals surface area contributed by atoms with Gasteiger partial charge in [0.25, 0.3) is 0 Å². The van der Waals surface area contributed by atoms with E-state index in [0.29, 0.717) is 0 Å². The van der Waals surface area contributed by atoms with E-state index >= 15 is 0 Å². The molecule has 1 aromatic heterocycles. The van der Waals surface area contributed by atoms with E-state index in [1.807, 2.05) is 0 Å². The van der Waals surface area contributed by atoms with E-state index in [0.717, 1.165) is 67.2 Å². The van der Waals surface area contributed by atoms with Gasteiger partial charge in [0.2, 0.25) is 0 Å². The van der Waals surface area contributed by atoms with E-state index in [1.165, 1.54) is 42.6 Å². The van der Waals surface area contributed by atoms with Gasteiger partial charge in [-0.15, -0.1) is 0 Å². The van der Waals surface area contributed by atoms with Gasteiger partial charge in [0.1, 0.15) is 17.2 Å². The van der Waals surface area contributed by atoms with Gasteiger partial charge in [-0.05, 0) is 97.1 Å². The smallest absolute Gasteiger partial charge is 0.434 e. The SMILES string of the molecule is c1ccc([Si](c2ccccc2)(c2ccccc2)c2cccc(-c3ccc4c(c3)B3Oc5ccc(-c6ccc(-n7c8ccccc8c8ccccc87)cc6)cc5-c5cccc(c53)O4)c2)cc1. The summed E-state index contributed by atoms with van der Waals surface area (Å²) in [7, 11) is -2.71. The van der Waals surface area contributed by atoms with Crippen molar-refractivity contribution in [1.82, 2.24) is 4.57 Å². The first-order valence-corrected chi connectivity index (χ1v) is 24.3. The van der Waals surface area contributed by atoms with Crippen molar-refractivity contribution in [2.75, 3.05) is 0 Å². The Labute approximate surface area is 379 Å². The molecule has 0 aliphatic carbocycles. The van der Waals surface area contributed by atoms with Crippen molar-refractivity contribution in [3.63, 3.8) is 0 Å². The van der Waals surface area contributed by atoms with Crippen molar-refractivity contribution in [1.29, 1.82) is 0 Å². The molecule has 2 aliphatic rings. The van der Waals surface area contributed by atoms with Gasteiger partial charge in [-0.25, -0.2) is 0 Å². The fourth-order valence-corrected chi connectivity index (χ4v) is 15.5. The highest BCUT2D eigenvalue weighted by molar-refractivity contribution is 7.19. The molecule has 0 saturated heterocycles. The number of benzene rings is 10. The number of rotatable bonds is 7. The van der Waals surface area contributed by atoms with Gasteiger partial charge in [0, 0.05) is 32.9 Å². The van der Waals surface area contributed by atoms with Crippen LogP contribution in [0.25, 0.3) is 60.9 Å². The van der Waals surface area contributed by atoms with Crippen LogP contribution in [0.3, 0.4) is 0 Å². The first kappa shape index (κ1) is 37.4. The molecule has 0 bridgehead atoms. The van der Waals surface area contributed by atoms with Gasteiger partial charge in [0.15, 0.2) is 8.07 Å². The lowest BCUT2D eigenvalue weighted by molar-refractivity contribution is 0.479. The molecule has 11 aromatic rings. The van der Waals surface area contributed by atoms with Crippen LogP contribution in [0, 0.1) is 0 Å². The number of aromatic nitrogens is 1. The predicted molar refractivity (Wildman–Crippen MR) is 273 cm³/mol. The third kappa shape index (κ3) is 5.90. The van der Waals surface area contributed by atoms with Crippen LogP contribution in [0.4, 0.5) is 0 Å². The minimum absolute atomic E-state index is 0.316. The van der Waals surface area contributed by atoms with Crippen LogP contribution in [0.2, 0.25) is 0 Å². The van der Waals surface area contributed by atoms with E-state index in [9.17, 15) is 0 Å². The maximum Gasteiger partial charge on any atom is 0.434 e. The van der Waals surface area contributed by atoms with Gasteiger partial charge in [-0.1, -0.05) is 194 Å². The monoisotopic (exact) mass is 845 g/mol. The zero-order valence-electron chi connectivity index (χ0n) is 35.4. The molecule has 304 valence electrons. The first-order valence-electron chi connectivity index (χ1n) is 22.3. The van der Waals surface area contributed by atoms with Crippen molar-refractivity contribution in [2.24, 2.45) is 0 Å². The Morgan fingerprint density at radius 1 is 0.354 bits per heavy atom. The maximum absolute atomic E-state index is 7.07. The Morgan fingerprint density at radius 2 is 0.877 bits per heavy atom. The first-order chi connectivity index (χ1) is 32.2. The van der Waals surface area contributed by atoms with Crippen LogP contribution in [0.1, 0.15) is 0 Å². The van der Waals surface area contributed by atoms with Crippen LogP contribution >= 0.6 is 0 Å². The molecule has 0 amide bonds. The average Bonchev–Trinajstić information content (AvgIpc) is 3.72. The summed E-state index contributed by atoms with van der Waals surface area (Å²) in [6, 6.07) is 88.3. The molecule has 0 N–H and O–H groups in total. The number of ether oxygens (including phenoxy) is 1. The molecule has 2 aliphatic heterocycles. The highest BCUT2D eigenvalue weighted by Gasteiger charge is 2.43. The van der Waals surface area contributed by atoms with Crippen LogP contribution in [-0.2, 0) is 0 Å². The van der Waals surface area contributed by atoms with Crippen LogP contribution < -0.4 is 41.1 Å². The zero-order valence-corrected chi connectivity index (χ0v) is 36.4. The third-order valence-electron chi connectivity index (χ3n) is 13.6. The summed E-state index contributed by atoms with van der Waals surface area (Å²) in [4.78, 5) is 0. The number of nitrogens with zero attached hydrogens (tertiary/aromatic N) is 1. The minimum Gasteiger partial charge on any atom is -0.551 e. The van der Waals surface area contributed by atoms with Crippen molar-refractivity contribution in [3.8, 4) is 56.3 Å². The Bertz CT molecular complexity index is 3460. The summed E-state index contributed by atoms with van der Waals surface area (Å²) in [5.74, 6) is 2.53. The molecule has 0 fully saturated rings. The molecular formula is C60H40BNO2Si. The summed E-state index contributed by atoms with van der Waals surface area (Å²) in [6.45, 7) is -0.316. The van der Waals surface area contributed by atoms with Gasteiger partial charge in [-0.3, -0.25) is 0 Å². The van der Waals surface area contributed by atoms with Crippen molar-refractivity contribution >= 4 is 68.5 Å². The number of para-hydroxylation sites is 2. The summed E-state index contributed by atoms with van der Waals surface area (Å²) < 4.78 is 16.2. The van der Waals surface area contributed by atoms with E-state index in [-0.39, 0.29) is 6.92 Å². The molecule has 0 radical (unpaired) electrons. The number of hydrogen-bond acceptors (Lipinski definition) is 2. The molecule has 10 aromatic carbocycles. The Balaban J connectivity index is 0.871. The van der Waals surface area contributed by atoms with Crippen molar-refractivity contribution in [2.45, 2.75) is 0 Å². The van der Waals surface area contributed by atoms with E-state index in [2.05, 4.69) is 247 Å². The lowest BCUT2D eigenvalue weighted by Crippen LogP contribution is -2.74. The molecule has 65 heavy (non-hydrogen) atoms. The predicted octanol–water partition coefficient (Wildman–Crippen LogP) is 10.8. The molecule has 3 heterocycles. The Hall–Kier alpha value is -8.12. The van der Waals surface area contributed by atoms with Crippen molar-refractivity contribution < 1.29 is 9.39 Å². The summed E-state index contributed by atoms with van der Waals surface area (Å²) in [5.41, 5.74) is 12.4. The Kier molecular flexibility index (Phi) is 8.65. The van der Waals surface area contributed by atoms with Crippen molar-refractivity contribution in [3.05, 3.63) is 243 Å². The number of fused-ring (bicyclic) bond motifs is 7. The third-order valence-corrected chi connectivity index (χ3v) is 18.4. The molecular weight excluding hydrogens is 806 g/mol. The van der Waals surface area contributed by atoms with Crippen LogP contribution in [-0.4, -0.2) is 19.6 Å². The summed E-state index contributed by atoms with van der Waals surface area (Å²) in [6.07, 6.45) is 0. The summed E-state index contributed by atoms with van der Waals surface area (Å²) in [5, 5.41) is 7.92. The van der Waals surface area contributed by atoms with Gasteiger partial charge in [-0.2, -0.15) is 0 Å². The topological polar surface area (TPSA) is 23.4 Å². The normalized spacial score (nSPS) is 12.5. The molecule has 13 rings (SSSR count). The standard InChI is InChI=1S/C60H40BNO2Si/c1-4-17-46(18-5-1)65(47-19-6-2-7-20-47,48-21-8-3-9-22-48)49-23-14-16-42(38-49)44-33-37-58-54(40-44)61-60-52(26-15-29-59(60)63-58)53-39-43(32-36-57(53)64-61)41-30-34-45(35-31-41)62-55-27-12-10-24-50(55)51-25-11-13-28-56(51)62/h1-40H.